The fourth-order valence-electron chi connectivity index (χ4n) is 8.10. The van der Waals surface area contributed by atoms with Crippen LogP contribution in [-0.4, -0.2) is 17.2 Å². The molecular formula is C49H50N2O. The third kappa shape index (κ3) is 6.70. The molecule has 262 valence electrons. The molecule has 3 nitrogen and oxygen atoms in total. The van der Waals surface area contributed by atoms with Gasteiger partial charge < -0.3 is 15.3 Å². The Morgan fingerprint density at radius 2 is 1.65 bits per heavy atom. The minimum atomic E-state index is -0.189. The van der Waals surface area contributed by atoms with Crippen molar-refractivity contribution < 1.29 is 5.11 Å². The summed E-state index contributed by atoms with van der Waals surface area (Å²) in [5, 5.41) is 16.6. The van der Waals surface area contributed by atoms with E-state index < -0.39 is 0 Å². The summed E-state index contributed by atoms with van der Waals surface area (Å²) in [6, 6.07) is 27.4. The topological polar surface area (TPSA) is 35.5 Å². The van der Waals surface area contributed by atoms with Crippen molar-refractivity contribution in [1.82, 2.24) is 0 Å². The number of rotatable bonds is 5. The maximum atomic E-state index is 10.7. The molecule has 0 spiro atoms. The molecule has 0 saturated heterocycles. The second kappa shape index (κ2) is 15.3. The molecule has 0 saturated carbocycles. The average molecular weight is 683 g/mol. The first-order valence-electron chi connectivity index (χ1n) is 18.3. The summed E-state index contributed by atoms with van der Waals surface area (Å²) in [5.41, 5.74) is 11.5. The second-order valence-corrected chi connectivity index (χ2v) is 14.2. The van der Waals surface area contributed by atoms with Gasteiger partial charge in [-0.3, -0.25) is 0 Å². The van der Waals surface area contributed by atoms with Crippen LogP contribution in [0.1, 0.15) is 62.3 Å². The maximum absolute atomic E-state index is 10.7. The van der Waals surface area contributed by atoms with Gasteiger partial charge in [-0.15, -0.1) is 13.2 Å². The fraction of sp³-hybridized carbons (Fsp3) is 0.224. The van der Waals surface area contributed by atoms with Gasteiger partial charge in [0.05, 0.1) is 5.54 Å². The van der Waals surface area contributed by atoms with Crippen molar-refractivity contribution >= 4 is 27.7 Å². The van der Waals surface area contributed by atoms with E-state index in [1.54, 1.807) is 6.07 Å². The van der Waals surface area contributed by atoms with Crippen LogP contribution in [0.5, 0.6) is 5.75 Å². The molecular weight excluding hydrogens is 633 g/mol. The lowest BCUT2D eigenvalue weighted by atomic mass is 9.71. The predicted molar refractivity (Wildman–Crippen MR) is 224 cm³/mol. The van der Waals surface area contributed by atoms with E-state index in [1.165, 1.54) is 50.1 Å². The molecule has 52 heavy (non-hydrogen) atoms. The molecule has 1 heterocycles. The summed E-state index contributed by atoms with van der Waals surface area (Å²) < 4.78 is 0. The van der Waals surface area contributed by atoms with Crippen LogP contribution in [0.3, 0.4) is 0 Å². The van der Waals surface area contributed by atoms with Gasteiger partial charge in [0.15, 0.2) is 0 Å². The first-order valence-corrected chi connectivity index (χ1v) is 18.3. The molecule has 4 aromatic rings. The molecule has 8 rings (SSSR count). The van der Waals surface area contributed by atoms with Gasteiger partial charge in [0, 0.05) is 46.6 Å². The van der Waals surface area contributed by atoms with Gasteiger partial charge >= 0.3 is 0 Å². The molecule has 2 unspecified atom stereocenters. The van der Waals surface area contributed by atoms with E-state index in [4.69, 9.17) is 0 Å². The molecule has 0 amide bonds. The minimum Gasteiger partial charge on any atom is -0.507 e. The van der Waals surface area contributed by atoms with E-state index in [1.807, 2.05) is 25.1 Å². The Kier molecular flexibility index (Phi) is 10.6. The molecule has 0 fully saturated rings. The zero-order chi connectivity index (χ0) is 36.9. The number of benzene rings is 4. The van der Waals surface area contributed by atoms with Crippen LogP contribution < -0.4 is 10.2 Å². The summed E-state index contributed by atoms with van der Waals surface area (Å²) in [6.07, 6.45) is 20.6. The Balaban J connectivity index is 0.000000333. The van der Waals surface area contributed by atoms with Gasteiger partial charge in [-0.1, -0.05) is 109 Å². The highest BCUT2D eigenvalue weighted by Gasteiger charge is 2.50. The first kappa shape index (κ1) is 36.1. The number of hydrogen-bond donors (Lipinski definition) is 2. The highest BCUT2D eigenvalue weighted by molar-refractivity contribution is 5.96. The first-order chi connectivity index (χ1) is 25.2. The van der Waals surface area contributed by atoms with Crippen LogP contribution in [0.15, 0.2) is 157 Å². The van der Waals surface area contributed by atoms with Crippen molar-refractivity contribution in [3.8, 4) is 17.6 Å². The molecule has 4 aromatic carbocycles. The number of hydrogen-bond acceptors (Lipinski definition) is 3. The SMILES string of the molecule is C=C.CCNc1ccccc1C.Cc1cccc(O)c1C1=CC(C2=CC=C3N(C4(C)C=CC=CC4)c4ccc5ccccc5c4C3(C)C2)=CCC#C1. The van der Waals surface area contributed by atoms with Crippen molar-refractivity contribution in [1.29, 1.82) is 0 Å². The fourth-order valence-corrected chi connectivity index (χ4v) is 8.10. The molecule has 3 heteroatoms. The Morgan fingerprint density at radius 3 is 2.40 bits per heavy atom. The zero-order valence-electron chi connectivity index (χ0n) is 31.3. The monoisotopic (exact) mass is 682 g/mol. The third-order valence-corrected chi connectivity index (χ3v) is 10.6. The standard InChI is InChI=1S/C38H33NO.C9H13N.C2H4/c1-26-12-11-17-33(40)35(26)29-15-6-5-14-28(24-29)30-19-21-34-38(3,25-30)36-31-16-8-7-13-27(31)18-20-32(36)39(34)37(2)22-9-4-10-23-37;1-3-10-9-7-5-4-6-8(9)2;1-2/h4,7-14,16-22,24,40H,5,23,25H2,1-3H3;4-7,10H,3H2,1-2H3;1-2H2. The largest absolute Gasteiger partial charge is 0.507 e. The summed E-state index contributed by atoms with van der Waals surface area (Å²) in [4.78, 5) is 2.60. The lowest BCUT2D eigenvalue weighted by Crippen LogP contribution is -2.45. The van der Waals surface area contributed by atoms with Crippen LogP contribution in [-0.2, 0) is 5.41 Å². The Morgan fingerprint density at radius 1 is 0.885 bits per heavy atom. The van der Waals surface area contributed by atoms with Crippen LogP contribution in [0.2, 0.25) is 0 Å². The summed E-state index contributed by atoms with van der Waals surface area (Å²) in [6.45, 7) is 18.0. The van der Waals surface area contributed by atoms with Crippen molar-refractivity contribution in [2.45, 2.75) is 64.8 Å². The second-order valence-electron chi connectivity index (χ2n) is 14.2. The molecule has 3 aliphatic carbocycles. The van der Waals surface area contributed by atoms with Crippen molar-refractivity contribution in [2.75, 3.05) is 16.8 Å². The van der Waals surface area contributed by atoms with Gasteiger partial charge in [0.2, 0.25) is 0 Å². The van der Waals surface area contributed by atoms with E-state index in [9.17, 15) is 5.11 Å². The van der Waals surface area contributed by atoms with Crippen molar-refractivity contribution in [3.05, 3.63) is 180 Å². The predicted octanol–water partition coefficient (Wildman–Crippen LogP) is 12.1. The quantitative estimate of drug-likeness (QED) is 0.162. The highest BCUT2D eigenvalue weighted by Crippen LogP contribution is 2.58. The van der Waals surface area contributed by atoms with Crippen molar-refractivity contribution in [2.24, 2.45) is 0 Å². The Hall–Kier alpha value is -5.72. The lowest BCUT2D eigenvalue weighted by molar-refractivity contribution is 0.473. The van der Waals surface area contributed by atoms with E-state index >= 15 is 0 Å². The number of nitrogens with zero attached hydrogens (tertiary/aromatic N) is 1. The van der Waals surface area contributed by atoms with E-state index in [-0.39, 0.29) is 16.7 Å². The number of phenols is 1. The Labute approximate surface area is 310 Å². The number of fused-ring (bicyclic) bond motifs is 5. The molecule has 2 N–H and O–H groups in total. The van der Waals surface area contributed by atoms with Crippen LogP contribution >= 0.6 is 0 Å². The highest BCUT2D eigenvalue weighted by atomic mass is 16.3. The van der Waals surface area contributed by atoms with Gasteiger partial charge in [0.1, 0.15) is 5.75 Å². The normalized spacial score (nSPS) is 20.9. The average Bonchev–Trinajstić information content (AvgIpc) is 3.25. The number of aromatic hydroxyl groups is 1. The molecule has 2 atom stereocenters. The van der Waals surface area contributed by atoms with Crippen molar-refractivity contribution in [3.63, 3.8) is 0 Å². The van der Waals surface area contributed by atoms with Gasteiger partial charge in [0.25, 0.3) is 0 Å². The maximum Gasteiger partial charge on any atom is 0.124 e. The summed E-state index contributed by atoms with van der Waals surface area (Å²) in [5.74, 6) is 6.91. The summed E-state index contributed by atoms with van der Waals surface area (Å²) >= 11 is 0. The third-order valence-electron chi connectivity index (χ3n) is 10.6. The number of nitrogens with one attached hydrogen (secondary N) is 1. The molecule has 4 aliphatic rings. The van der Waals surface area contributed by atoms with Crippen LogP contribution in [0, 0.1) is 25.7 Å². The van der Waals surface area contributed by atoms with Crippen LogP contribution in [0.4, 0.5) is 11.4 Å². The van der Waals surface area contributed by atoms with E-state index in [0.717, 1.165) is 36.1 Å². The van der Waals surface area contributed by atoms with Crippen LogP contribution in [0.25, 0.3) is 16.3 Å². The molecule has 0 aromatic heterocycles. The number of anilines is 2. The molecule has 0 bridgehead atoms. The smallest absolute Gasteiger partial charge is 0.124 e. The van der Waals surface area contributed by atoms with Gasteiger partial charge in [-0.25, -0.2) is 0 Å². The lowest BCUT2D eigenvalue weighted by Gasteiger charge is -2.43. The number of phenolic OH excluding ortho intramolecular Hbond substituents is 1. The number of allylic oxidation sites excluding steroid dienone is 10. The van der Waals surface area contributed by atoms with E-state index in [0.29, 0.717) is 6.42 Å². The number of aryl methyl sites for hydroxylation is 2. The van der Waals surface area contributed by atoms with E-state index in [2.05, 4.69) is 166 Å². The Bertz CT molecular complexity index is 2230. The molecule has 1 aliphatic heterocycles. The number of para-hydroxylation sites is 1. The summed E-state index contributed by atoms with van der Waals surface area (Å²) in [7, 11) is 0. The zero-order valence-corrected chi connectivity index (χ0v) is 31.3. The minimum absolute atomic E-state index is 0.133. The molecule has 0 radical (unpaired) electrons. The van der Waals surface area contributed by atoms with Gasteiger partial charge in [-0.05, 0) is 116 Å². The van der Waals surface area contributed by atoms with Gasteiger partial charge in [-0.2, -0.15) is 0 Å².